The standard InChI is InChI=1S/C26H30N2O3/c1-19-7-6-8-20(2)25(19)30-18-23-13-14-24(31-23)26(29)27-22-11-9-21(10-12-22)17-28-15-4-3-5-16-28/h6-14H,3-5,15-18H2,1-2H3,(H,27,29). The van der Waals surface area contributed by atoms with Gasteiger partial charge >= 0.3 is 0 Å². The third kappa shape index (κ3) is 5.56. The van der Waals surface area contributed by atoms with E-state index in [1.54, 1.807) is 12.1 Å². The normalized spacial score (nSPS) is 14.4. The number of piperidine rings is 1. The summed E-state index contributed by atoms with van der Waals surface area (Å²) in [5.74, 6) is 1.49. The molecule has 31 heavy (non-hydrogen) atoms. The summed E-state index contributed by atoms with van der Waals surface area (Å²) in [4.78, 5) is 15.0. The predicted octanol–water partition coefficient (Wildman–Crippen LogP) is 5.71. The zero-order chi connectivity index (χ0) is 21.6. The summed E-state index contributed by atoms with van der Waals surface area (Å²) in [5.41, 5.74) is 4.18. The SMILES string of the molecule is Cc1cccc(C)c1OCc1ccc(C(=O)Nc2ccc(CN3CCCCC3)cc2)o1. The van der Waals surface area contributed by atoms with E-state index in [4.69, 9.17) is 9.15 Å². The fraction of sp³-hybridized carbons (Fsp3) is 0.346. The van der Waals surface area contributed by atoms with Crippen molar-refractivity contribution in [3.8, 4) is 5.75 Å². The molecule has 0 radical (unpaired) electrons. The maximum Gasteiger partial charge on any atom is 0.291 e. The number of carbonyl (C=O) groups is 1. The van der Waals surface area contributed by atoms with Crippen molar-refractivity contribution in [1.29, 1.82) is 0 Å². The van der Waals surface area contributed by atoms with E-state index < -0.39 is 0 Å². The van der Waals surface area contributed by atoms with E-state index in [1.807, 2.05) is 44.2 Å². The van der Waals surface area contributed by atoms with Crippen molar-refractivity contribution in [3.63, 3.8) is 0 Å². The molecule has 2 aromatic carbocycles. The maximum atomic E-state index is 12.6. The molecule has 0 aliphatic carbocycles. The number of amides is 1. The molecule has 1 aliphatic heterocycles. The van der Waals surface area contributed by atoms with Crippen LogP contribution in [-0.2, 0) is 13.2 Å². The highest BCUT2D eigenvalue weighted by Crippen LogP contribution is 2.24. The Kier molecular flexibility index (Phi) is 6.73. The van der Waals surface area contributed by atoms with E-state index in [1.165, 1.54) is 37.9 Å². The van der Waals surface area contributed by atoms with Gasteiger partial charge in [0.15, 0.2) is 5.76 Å². The van der Waals surface area contributed by atoms with E-state index in [0.29, 0.717) is 5.76 Å². The summed E-state index contributed by atoms with van der Waals surface area (Å²) < 4.78 is 11.6. The van der Waals surface area contributed by atoms with E-state index in [9.17, 15) is 4.79 Å². The quantitative estimate of drug-likeness (QED) is 0.534. The average molecular weight is 419 g/mol. The summed E-state index contributed by atoms with van der Waals surface area (Å²) in [6.07, 6.45) is 3.91. The highest BCUT2D eigenvalue weighted by atomic mass is 16.5. The van der Waals surface area contributed by atoms with Crippen molar-refractivity contribution in [3.05, 3.63) is 82.8 Å². The zero-order valence-corrected chi connectivity index (χ0v) is 18.3. The van der Waals surface area contributed by atoms with Crippen LogP contribution in [0.3, 0.4) is 0 Å². The first-order valence-corrected chi connectivity index (χ1v) is 11.0. The molecule has 3 aromatic rings. The van der Waals surface area contributed by atoms with Gasteiger partial charge in [0.2, 0.25) is 0 Å². The minimum atomic E-state index is -0.262. The molecule has 1 aromatic heterocycles. The van der Waals surface area contributed by atoms with Gasteiger partial charge in [-0.1, -0.05) is 36.8 Å². The lowest BCUT2D eigenvalue weighted by molar-refractivity contribution is 0.0992. The van der Waals surface area contributed by atoms with Gasteiger partial charge in [0.05, 0.1) is 0 Å². The molecule has 0 bridgehead atoms. The van der Waals surface area contributed by atoms with Crippen molar-refractivity contribution in [2.45, 2.75) is 46.3 Å². The Balaban J connectivity index is 1.31. The molecule has 162 valence electrons. The largest absolute Gasteiger partial charge is 0.485 e. The molecule has 1 saturated heterocycles. The van der Waals surface area contributed by atoms with Crippen LogP contribution in [0.15, 0.2) is 59.0 Å². The van der Waals surface area contributed by atoms with Gasteiger partial charge in [-0.15, -0.1) is 0 Å². The van der Waals surface area contributed by atoms with E-state index in [2.05, 4.69) is 22.3 Å². The van der Waals surface area contributed by atoms with Gasteiger partial charge in [-0.25, -0.2) is 0 Å². The molecule has 2 heterocycles. The first kappa shape index (κ1) is 21.2. The molecule has 0 saturated carbocycles. The molecule has 1 fully saturated rings. The van der Waals surface area contributed by atoms with Gasteiger partial charge in [-0.2, -0.15) is 0 Å². The van der Waals surface area contributed by atoms with Gasteiger partial charge in [0, 0.05) is 12.2 Å². The first-order chi connectivity index (χ1) is 15.1. The Hall–Kier alpha value is -3.05. The highest BCUT2D eigenvalue weighted by Gasteiger charge is 2.14. The Bertz CT molecular complexity index is 997. The molecular formula is C26H30N2O3. The second kappa shape index (κ2) is 9.84. The molecule has 1 amide bonds. The molecular weight excluding hydrogens is 388 g/mol. The Morgan fingerprint density at radius 3 is 2.39 bits per heavy atom. The van der Waals surface area contributed by atoms with E-state index in [-0.39, 0.29) is 18.3 Å². The number of hydrogen-bond donors (Lipinski definition) is 1. The van der Waals surface area contributed by atoms with Crippen molar-refractivity contribution in [1.82, 2.24) is 4.90 Å². The van der Waals surface area contributed by atoms with Crippen LogP contribution >= 0.6 is 0 Å². The average Bonchev–Trinajstić information content (AvgIpc) is 3.25. The second-order valence-electron chi connectivity index (χ2n) is 8.26. The second-order valence-corrected chi connectivity index (χ2v) is 8.26. The molecule has 0 unspecified atom stereocenters. The Morgan fingerprint density at radius 2 is 1.68 bits per heavy atom. The summed E-state index contributed by atoms with van der Waals surface area (Å²) in [6.45, 7) is 7.63. The monoisotopic (exact) mass is 418 g/mol. The van der Waals surface area contributed by atoms with Crippen molar-refractivity contribution in [2.24, 2.45) is 0 Å². The first-order valence-electron chi connectivity index (χ1n) is 11.0. The lowest BCUT2D eigenvalue weighted by Gasteiger charge is -2.26. The number of rotatable bonds is 7. The number of likely N-dealkylation sites (tertiary alicyclic amines) is 1. The smallest absolute Gasteiger partial charge is 0.291 e. The zero-order valence-electron chi connectivity index (χ0n) is 18.3. The number of benzene rings is 2. The Labute approximate surface area is 184 Å². The van der Waals surface area contributed by atoms with Crippen LogP contribution < -0.4 is 10.1 Å². The van der Waals surface area contributed by atoms with Gasteiger partial charge < -0.3 is 14.5 Å². The van der Waals surface area contributed by atoms with E-state index in [0.717, 1.165) is 29.1 Å². The van der Waals surface area contributed by atoms with Crippen LogP contribution in [-0.4, -0.2) is 23.9 Å². The molecule has 0 atom stereocenters. The third-order valence-corrected chi connectivity index (χ3v) is 5.72. The van der Waals surface area contributed by atoms with Crippen LogP contribution in [0, 0.1) is 13.8 Å². The number of para-hydroxylation sites is 1. The lowest BCUT2D eigenvalue weighted by atomic mass is 10.1. The number of anilines is 1. The molecule has 1 N–H and O–H groups in total. The number of carbonyl (C=O) groups excluding carboxylic acids is 1. The molecule has 4 rings (SSSR count). The van der Waals surface area contributed by atoms with Gasteiger partial charge in [0.25, 0.3) is 5.91 Å². The molecule has 5 nitrogen and oxygen atoms in total. The minimum Gasteiger partial charge on any atom is -0.485 e. The molecule has 0 spiro atoms. The summed E-state index contributed by atoms with van der Waals surface area (Å²) in [6, 6.07) is 17.6. The summed E-state index contributed by atoms with van der Waals surface area (Å²) >= 11 is 0. The summed E-state index contributed by atoms with van der Waals surface area (Å²) in [5, 5.41) is 2.91. The van der Waals surface area contributed by atoms with E-state index >= 15 is 0 Å². The Morgan fingerprint density at radius 1 is 0.968 bits per heavy atom. The molecule has 5 heteroatoms. The molecule has 1 aliphatic rings. The third-order valence-electron chi connectivity index (χ3n) is 5.72. The van der Waals surface area contributed by atoms with Crippen LogP contribution in [0.5, 0.6) is 5.75 Å². The highest BCUT2D eigenvalue weighted by molar-refractivity contribution is 6.02. The van der Waals surface area contributed by atoms with Gasteiger partial charge in [0.1, 0.15) is 18.1 Å². The van der Waals surface area contributed by atoms with Crippen LogP contribution in [0.25, 0.3) is 0 Å². The minimum absolute atomic E-state index is 0.262. The van der Waals surface area contributed by atoms with Crippen LogP contribution in [0.2, 0.25) is 0 Å². The summed E-state index contributed by atoms with van der Waals surface area (Å²) in [7, 11) is 0. The van der Waals surface area contributed by atoms with Crippen molar-refractivity contribution in [2.75, 3.05) is 18.4 Å². The van der Waals surface area contributed by atoms with Gasteiger partial charge in [-0.3, -0.25) is 9.69 Å². The maximum absolute atomic E-state index is 12.6. The number of furan rings is 1. The van der Waals surface area contributed by atoms with Gasteiger partial charge in [-0.05, 0) is 80.7 Å². The van der Waals surface area contributed by atoms with Crippen LogP contribution in [0.1, 0.15) is 52.3 Å². The van der Waals surface area contributed by atoms with Crippen LogP contribution in [0.4, 0.5) is 5.69 Å². The topological polar surface area (TPSA) is 54.7 Å². The van der Waals surface area contributed by atoms with Crippen molar-refractivity contribution < 1.29 is 13.9 Å². The fourth-order valence-electron chi connectivity index (χ4n) is 4.01. The predicted molar refractivity (Wildman–Crippen MR) is 122 cm³/mol. The number of hydrogen-bond acceptors (Lipinski definition) is 4. The number of nitrogens with zero attached hydrogens (tertiary/aromatic N) is 1. The number of aryl methyl sites for hydroxylation is 2. The number of nitrogens with one attached hydrogen (secondary N) is 1. The van der Waals surface area contributed by atoms with Crippen molar-refractivity contribution >= 4 is 11.6 Å². The fourth-order valence-corrected chi connectivity index (χ4v) is 4.01. The number of ether oxygens (including phenoxy) is 1. The lowest BCUT2D eigenvalue weighted by Crippen LogP contribution is -2.29.